The summed E-state index contributed by atoms with van der Waals surface area (Å²) in [6.07, 6.45) is -0.130. The van der Waals surface area contributed by atoms with Gasteiger partial charge >= 0.3 is 6.03 Å². The Kier molecular flexibility index (Phi) is 5.46. The molecule has 0 bridgehead atoms. The van der Waals surface area contributed by atoms with E-state index in [9.17, 15) is 9.90 Å². The van der Waals surface area contributed by atoms with Crippen molar-refractivity contribution >= 4 is 28.1 Å². The minimum absolute atomic E-state index is 0.214. The van der Waals surface area contributed by atoms with E-state index < -0.39 is 6.10 Å². The fraction of sp³-hybridized carbons (Fsp3) is 0.211. The zero-order chi connectivity index (χ0) is 16.8. The van der Waals surface area contributed by atoms with Crippen molar-refractivity contribution in [2.75, 3.05) is 6.54 Å². The molecule has 2 amide bonds. The van der Waals surface area contributed by atoms with Gasteiger partial charge in [-0.25, -0.2) is 4.79 Å². The normalized spacial score (nSPS) is 12.0. The van der Waals surface area contributed by atoms with Gasteiger partial charge in [0, 0.05) is 11.4 Å². The van der Waals surface area contributed by atoms with E-state index in [0.29, 0.717) is 19.5 Å². The van der Waals surface area contributed by atoms with Crippen molar-refractivity contribution < 1.29 is 9.90 Å². The molecular weight excluding hydrogens is 320 g/mol. The molecule has 0 aliphatic rings. The maximum absolute atomic E-state index is 11.8. The van der Waals surface area contributed by atoms with Gasteiger partial charge < -0.3 is 15.7 Å². The smallest absolute Gasteiger partial charge is 0.315 e. The SMILES string of the molecule is O=C(NCCC(O)c1cccc2ccccc12)NCc1cccs1. The Morgan fingerprint density at radius 2 is 1.88 bits per heavy atom. The first kappa shape index (κ1) is 16.5. The van der Waals surface area contributed by atoms with Gasteiger partial charge in [0.25, 0.3) is 0 Å². The Labute approximate surface area is 145 Å². The van der Waals surface area contributed by atoms with Crippen LogP contribution in [0, 0.1) is 0 Å². The van der Waals surface area contributed by atoms with Crippen molar-refractivity contribution in [1.29, 1.82) is 0 Å². The highest BCUT2D eigenvalue weighted by atomic mass is 32.1. The molecule has 4 nitrogen and oxygen atoms in total. The molecule has 0 aliphatic carbocycles. The molecule has 0 aliphatic heterocycles. The molecule has 1 unspecified atom stereocenters. The second-order valence-electron chi connectivity index (χ2n) is 5.56. The Balaban J connectivity index is 1.50. The topological polar surface area (TPSA) is 61.4 Å². The Morgan fingerprint density at radius 1 is 1.04 bits per heavy atom. The van der Waals surface area contributed by atoms with Crippen LogP contribution in [0.25, 0.3) is 10.8 Å². The number of hydrogen-bond acceptors (Lipinski definition) is 3. The van der Waals surface area contributed by atoms with Gasteiger partial charge in [0.15, 0.2) is 0 Å². The van der Waals surface area contributed by atoms with E-state index in [1.807, 2.05) is 60.0 Å². The molecule has 1 aromatic heterocycles. The first-order valence-electron chi connectivity index (χ1n) is 7.94. The van der Waals surface area contributed by atoms with Crippen molar-refractivity contribution in [3.63, 3.8) is 0 Å². The minimum atomic E-state index is -0.603. The fourth-order valence-corrected chi connectivity index (χ4v) is 3.31. The molecule has 3 N–H and O–H groups in total. The van der Waals surface area contributed by atoms with E-state index in [2.05, 4.69) is 10.6 Å². The molecule has 0 fully saturated rings. The lowest BCUT2D eigenvalue weighted by atomic mass is 9.99. The monoisotopic (exact) mass is 340 g/mol. The number of thiophene rings is 1. The van der Waals surface area contributed by atoms with Gasteiger partial charge in [0.1, 0.15) is 0 Å². The molecule has 1 atom stereocenters. The number of amides is 2. The number of benzene rings is 2. The Morgan fingerprint density at radius 3 is 2.71 bits per heavy atom. The highest BCUT2D eigenvalue weighted by molar-refractivity contribution is 7.09. The largest absolute Gasteiger partial charge is 0.388 e. The number of aliphatic hydroxyl groups is 1. The number of aliphatic hydroxyl groups excluding tert-OH is 1. The maximum atomic E-state index is 11.8. The van der Waals surface area contributed by atoms with Crippen LogP contribution < -0.4 is 10.6 Å². The number of urea groups is 1. The van der Waals surface area contributed by atoms with Crippen LogP contribution in [-0.2, 0) is 6.54 Å². The first-order valence-corrected chi connectivity index (χ1v) is 8.82. The fourth-order valence-electron chi connectivity index (χ4n) is 2.66. The summed E-state index contributed by atoms with van der Waals surface area (Å²) in [7, 11) is 0. The number of nitrogens with one attached hydrogen (secondary N) is 2. The molecule has 0 saturated heterocycles. The summed E-state index contributed by atoms with van der Waals surface area (Å²) in [5.41, 5.74) is 0.897. The van der Waals surface area contributed by atoms with Gasteiger partial charge in [-0.3, -0.25) is 0 Å². The van der Waals surface area contributed by atoms with E-state index in [0.717, 1.165) is 21.2 Å². The van der Waals surface area contributed by atoms with E-state index in [1.165, 1.54) is 0 Å². The predicted octanol–water partition coefficient (Wildman–Crippen LogP) is 3.82. The first-order chi connectivity index (χ1) is 11.7. The van der Waals surface area contributed by atoms with Gasteiger partial charge in [0.2, 0.25) is 0 Å². The van der Waals surface area contributed by atoms with Crippen LogP contribution in [0.15, 0.2) is 60.0 Å². The van der Waals surface area contributed by atoms with Crippen molar-refractivity contribution in [2.45, 2.75) is 19.1 Å². The third-order valence-electron chi connectivity index (χ3n) is 3.89. The molecule has 0 saturated carbocycles. The molecule has 124 valence electrons. The van der Waals surface area contributed by atoms with Crippen LogP contribution in [0.3, 0.4) is 0 Å². The molecule has 3 aromatic rings. The van der Waals surface area contributed by atoms with Gasteiger partial charge in [-0.05, 0) is 34.2 Å². The van der Waals surface area contributed by atoms with Crippen molar-refractivity contribution in [1.82, 2.24) is 10.6 Å². The van der Waals surface area contributed by atoms with E-state index in [1.54, 1.807) is 11.3 Å². The van der Waals surface area contributed by atoms with Gasteiger partial charge in [-0.15, -0.1) is 11.3 Å². The van der Waals surface area contributed by atoms with E-state index in [-0.39, 0.29) is 6.03 Å². The standard InChI is InChI=1S/C19H20N2O2S/c22-18(17-9-3-6-14-5-1-2-8-16(14)17)10-11-20-19(23)21-13-15-7-4-12-24-15/h1-9,12,18,22H,10-11,13H2,(H2,20,21,23). The molecule has 1 heterocycles. The molecular formula is C19H20N2O2S. The number of carbonyl (C=O) groups excluding carboxylic acids is 1. The zero-order valence-electron chi connectivity index (χ0n) is 13.2. The van der Waals surface area contributed by atoms with Crippen molar-refractivity contribution in [2.24, 2.45) is 0 Å². The molecule has 0 spiro atoms. The van der Waals surface area contributed by atoms with E-state index >= 15 is 0 Å². The van der Waals surface area contributed by atoms with Crippen LogP contribution >= 0.6 is 11.3 Å². The van der Waals surface area contributed by atoms with Gasteiger partial charge in [-0.1, -0.05) is 48.5 Å². The lowest BCUT2D eigenvalue weighted by molar-refractivity contribution is 0.168. The minimum Gasteiger partial charge on any atom is -0.388 e. The summed E-state index contributed by atoms with van der Waals surface area (Å²) in [5.74, 6) is 0. The number of rotatable bonds is 6. The summed E-state index contributed by atoms with van der Waals surface area (Å²) in [6, 6.07) is 17.6. The van der Waals surface area contributed by atoms with Crippen LogP contribution in [0.1, 0.15) is 23.0 Å². The Hall–Kier alpha value is -2.37. The maximum Gasteiger partial charge on any atom is 0.315 e. The summed E-state index contributed by atoms with van der Waals surface area (Å²) in [5, 5.41) is 20.2. The predicted molar refractivity (Wildman–Crippen MR) is 98.1 cm³/mol. The lowest BCUT2D eigenvalue weighted by Crippen LogP contribution is -2.35. The molecule has 3 rings (SSSR count). The average Bonchev–Trinajstić information content (AvgIpc) is 3.13. The number of carbonyl (C=O) groups is 1. The zero-order valence-corrected chi connectivity index (χ0v) is 14.1. The molecule has 24 heavy (non-hydrogen) atoms. The molecule has 2 aromatic carbocycles. The quantitative estimate of drug-likeness (QED) is 0.639. The second kappa shape index (κ2) is 7.95. The van der Waals surface area contributed by atoms with E-state index in [4.69, 9.17) is 0 Å². The summed E-state index contributed by atoms with van der Waals surface area (Å²) < 4.78 is 0. The van der Waals surface area contributed by atoms with Crippen molar-refractivity contribution in [3.05, 3.63) is 70.4 Å². The number of fused-ring (bicyclic) bond motifs is 1. The lowest BCUT2D eigenvalue weighted by Gasteiger charge is -2.14. The summed E-state index contributed by atoms with van der Waals surface area (Å²) >= 11 is 1.61. The van der Waals surface area contributed by atoms with Crippen LogP contribution in [0.4, 0.5) is 4.79 Å². The third kappa shape index (κ3) is 4.13. The summed E-state index contributed by atoms with van der Waals surface area (Å²) in [6.45, 7) is 0.941. The van der Waals surface area contributed by atoms with Crippen LogP contribution in [0.5, 0.6) is 0 Å². The number of hydrogen-bond donors (Lipinski definition) is 3. The highest BCUT2D eigenvalue weighted by Crippen LogP contribution is 2.25. The second-order valence-corrected chi connectivity index (χ2v) is 6.59. The highest BCUT2D eigenvalue weighted by Gasteiger charge is 2.11. The average molecular weight is 340 g/mol. The summed E-state index contributed by atoms with van der Waals surface area (Å²) in [4.78, 5) is 12.9. The van der Waals surface area contributed by atoms with Gasteiger partial charge in [0.05, 0.1) is 12.6 Å². The van der Waals surface area contributed by atoms with Crippen molar-refractivity contribution in [3.8, 4) is 0 Å². The molecule has 0 radical (unpaired) electrons. The third-order valence-corrected chi connectivity index (χ3v) is 4.77. The van der Waals surface area contributed by atoms with Gasteiger partial charge in [-0.2, -0.15) is 0 Å². The van der Waals surface area contributed by atoms with Crippen LogP contribution in [0.2, 0.25) is 0 Å². The molecule has 5 heteroatoms. The Bertz CT molecular complexity index is 797. The van der Waals surface area contributed by atoms with Crippen LogP contribution in [-0.4, -0.2) is 17.7 Å².